The topological polar surface area (TPSA) is 41.1 Å². The van der Waals surface area contributed by atoms with Gasteiger partial charge < -0.3 is 10.6 Å². The highest BCUT2D eigenvalue weighted by Crippen LogP contribution is 2.14. The first-order valence-electron chi connectivity index (χ1n) is 5.49. The summed E-state index contributed by atoms with van der Waals surface area (Å²) in [4.78, 5) is 11.6. The average Bonchev–Trinajstić information content (AvgIpc) is 2.14. The number of carbonyl (C=O) groups excluding carboxylic acids is 1. The Kier molecular flexibility index (Phi) is 3.93. The van der Waals surface area contributed by atoms with Crippen LogP contribution in [0, 0.1) is 11.3 Å². The summed E-state index contributed by atoms with van der Waals surface area (Å²) in [7, 11) is 0. The van der Waals surface area contributed by atoms with Gasteiger partial charge in [0, 0.05) is 12.0 Å². The van der Waals surface area contributed by atoms with E-state index < -0.39 is 0 Å². The van der Waals surface area contributed by atoms with Crippen molar-refractivity contribution in [3.05, 3.63) is 0 Å². The highest BCUT2D eigenvalue weighted by atomic mass is 16.2. The molecule has 14 heavy (non-hydrogen) atoms. The van der Waals surface area contributed by atoms with Crippen LogP contribution in [0.3, 0.4) is 0 Å². The second-order valence-electron chi connectivity index (χ2n) is 5.17. The number of amides is 1. The van der Waals surface area contributed by atoms with E-state index in [9.17, 15) is 4.79 Å². The fourth-order valence-electron chi connectivity index (χ4n) is 1.60. The highest BCUT2D eigenvalue weighted by Gasteiger charge is 2.22. The van der Waals surface area contributed by atoms with Gasteiger partial charge in [-0.05, 0) is 31.8 Å². The molecule has 0 radical (unpaired) electrons. The van der Waals surface area contributed by atoms with E-state index in [0.717, 1.165) is 19.6 Å². The first kappa shape index (κ1) is 11.5. The molecule has 0 aromatic carbocycles. The zero-order valence-electron chi connectivity index (χ0n) is 9.52. The molecule has 0 aliphatic carbocycles. The van der Waals surface area contributed by atoms with Crippen molar-refractivity contribution in [2.45, 2.75) is 33.6 Å². The first-order valence-corrected chi connectivity index (χ1v) is 5.49. The predicted molar refractivity (Wildman–Crippen MR) is 58.1 cm³/mol. The lowest BCUT2D eigenvalue weighted by Crippen LogP contribution is -2.41. The standard InChI is InChI=1S/C11H22N2O/c1-11(2,3)10(14)13-8-9-5-4-6-12-7-9/h9,12H,4-8H2,1-3H3,(H,13,14)/t9-/m0/s1. The second kappa shape index (κ2) is 4.78. The number of hydrogen-bond donors (Lipinski definition) is 2. The number of piperidine rings is 1. The van der Waals surface area contributed by atoms with Crippen molar-refractivity contribution in [2.24, 2.45) is 11.3 Å². The van der Waals surface area contributed by atoms with Crippen LogP contribution in [0.4, 0.5) is 0 Å². The van der Waals surface area contributed by atoms with Gasteiger partial charge in [0.05, 0.1) is 0 Å². The molecule has 0 unspecified atom stereocenters. The molecule has 3 heteroatoms. The molecule has 0 saturated carbocycles. The molecule has 3 nitrogen and oxygen atoms in total. The Morgan fingerprint density at radius 1 is 1.50 bits per heavy atom. The van der Waals surface area contributed by atoms with Crippen LogP contribution in [0.25, 0.3) is 0 Å². The summed E-state index contributed by atoms with van der Waals surface area (Å²) < 4.78 is 0. The third-order valence-corrected chi connectivity index (χ3v) is 2.63. The molecule has 1 aliphatic rings. The molecule has 1 rings (SSSR count). The summed E-state index contributed by atoms with van der Waals surface area (Å²) in [5.74, 6) is 0.776. The van der Waals surface area contributed by atoms with E-state index in [1.807, 2.05) is 20.8 Å². The largest absolute Gasteiger partial charge is 0.355 e. The van der Waals surface area contributed by atoms with Crippen molar-refractivity contribution in [1.29, 1.82) is 0 Å². The van der Waals surface area contributed by atoms with Crippen LogP contribution in [-0.2, 0) is 4.79 Å². The van der Waals surface area contributed by atoms with Gasteiger partial charge in [0.15, 0.2) is 0 Å². The summed E-state index contributed by atoms with van der Waals surface area (Å²) in [6.45, 7) is 8.83. The number of rotatable bonds is 2. The van der Waals surface area contributed by atoms with E-state index >= 15 is 0 Å². The van der Waals surface area contributed by atoms with Crippen LogP contribution in [0.5, 0.6) is 0 Å². The zero-order chi connectivity index (χ0) is 10.6. The van der Waals surface area contributed by atoms with Crippen molar-refractivity contribution < 1.29 is 4.79 Å². The molecule has 1 fully saturated rings. The zero-order valence-corrected chi connectivity index (χ0v) is 9.52. The summed E-state index contributed by atoms with van der Waals surface area (Å²) in [6.07, 6.45) is 2.47. The smallest absolute Gasteiger partial charge is 0.225 e. The molecule has 0 bridgehead atoms. The Morgan fingerprint density at radius 3 is 2.71 bits per heavy atom. The van der Waals surface area contributed by atoms with Crippen molar-refractivity contribution in [2.75, 3.05) is 19.6 Å². The maximum absolute atomic E-state index is 11.6. The van der Waals surface area contributed by atoms with Gasteiger partial charge in [-0.25, -0.2) is 0 Å². The molecule has 1 heterocycles. The van der Waals surface area contributed by atoms with Gasteiger partial charge in [0.1, 0.15) is 0 Å². The van der Waals surface area contributed by atoms with Crippen LogP contribution in [-0.4, -0.2) is 25.5 Å². The monoisotopic (exact) mass is 198 g/mol. The maximum atomic E-state index is 11.6. The fraction of sp³-hybridized carbons (Fsp3) is 0.909. The van der Waals surface area contributed by atoms with Gasteiger partial charge in [-0.2, -0.15) is 0 Å². The van der Waals surface area contributed by atoms with Gasteiger partial charge in [-0.3, -0.25) is 4.79 Å². The molecule has 82 valence electrons. The number of nitrogens with one attached hydrogen (secondary N) is 2. The van der Waals surface area contributed by atoms with Gasteiger partial charge >= 0.3 is 0 Å². The van der Waals surface area contributed by atoms with E-state index in [4.69, 9.17) is 0 Å². The summed E-state index contributed by atoms with van der Waals surface area (Å²) in [5, 5.41) is 6.36. The van der Waals surface area contributed by atoms with Gasteiger partial charge in [0.2, 0.25) is 5.91 Å². The molecular formula is C11H22N2O. The van der Waals surface area contributed by atoms with Crippen molar-refractivity contribution in [1.82, 2.24) is 10.6 Å². The minimum absolute atomic E-state index is 0.156. The Balaban J connectivity index is 2.22. The Hall–Kier alpha value is -0.570. The molecule has 0 spiro atoms. The molecular weight excluding hydrogens is 176 g/mol. The summed E-state index contributed by atoms with van der Waals surface area (Å²) in [6, 6.07) is 0. The quantitative estimate of drug-likeness (QED) is 0.699. The first-order chi connectivity index (χ1) is 6.50. The molecule has 1 saturated heterocycles. The maximum Gasteiger partial charge on any atom is 0.225 e. The van der Waals surface area contributed by atoms with Gasteiger partial charge in [-0.15, -0.1) is 0 Å². The second-order valence-corrected chi connectivity index (χ2v) is 5.17. The SMILES string of the molecule is CC(C)(C)C(=O)NC[C@H]1CCCNC1. The Bertz CT molecular complexity index is 190. The third-order valence-electron chi connectivity index (χ3n) is 2.63. The highest BCUT2D eigenvalue weighted by molar-refractivity contribution is 5.81. The van der Waals surface area contributed by atoms with Crippen LogP contribution in [0.1, 0.15) is 33.6 Å². The minimum Gasteiger partial charge on any atom is -0.355 e. The van der Waals surface area contributed by atoms with E-state index in [-0.39, 0.29) is 11.3 Å². The molecule has 0 aromatic heterocycles. The molecule has 2 N–H and O–H groups in total. The summed E-state index contributed by atoms with van der Waals surface area (Å²) in [5.41, 5.74) is -0.262. The van der Waals surface area contributed by atoms with E-state index in [1.165, 1.54) is 12.8 Å². The van der Waals surface area contributed by atoms with Crippen molar-refractivity contribution >= 4 is 5.91 Å². The normalized spacial score (nSPS) is 23.2. The van der Waals surface area contributed by atoms with Crippen LogP contribution < -0.4 is 10.6 Å². The van der Waals surface area contributed by atoms with Gasteiger partial charge in [0.25, 0.3) is 0 Å². The lowest BCUT2D eigenvalue weighted by atomic mass is 9.94. The van der Waals surface area contributed by atoms with Crippen LogP contribution in [0.15, 0.2) is 0 Å². The number of carbonyl (C=O) groups is 1. The lowest BCUT2D eigenvalue weighted by Gasteiger charge is -2.25. The molecule has 0 aromatic rings. The van der Waals surface area contributed by atoms with Crippen molar-refractivity contribution in [3.63, 3.8) is 0 Å². The van der Waals surface area contributed by atoms with Crippen LogP contribution >= 0.6 is 0 Å². The summed E-state index contributed by atoms with van der Waals surface area (Å²) >= 11 is 0. The molecule has 1 amide bonds. The Morgan fingerprint density at radius 2 is 2.21 bits per heavy atom. The fourth-order valence-corrected chi connectivity index (χ4v) is 1.60. The average molecular weight is 198 g/mol. The van der Waals surface area contributed by atoms with Crippen molar-refractivity contribution in [3.8, 4) is 0 Å². The third kappa shape index (κ3) is 3.66. The van der Waals surface area contributed by atoms with E-state index in [0.29, 0.717) is 5.92 Å². The lowest BCUT2D eigenvalue weighted by molar-refractivity contribution is -0.128. The minimum atomic E-state index is -0.262. The molecule has 1 aliphatic heterocycles. The molecule has 1 atom stereocenters. The predicted octanol–water partition coefficient (Wildman–Crippen LogP) is 1.15. The van der Waals surface area contributed by atoms with E-state index in [1.54, 1.807) is 0 Å². The Labute approximate surface area is 86.6 Å². The van der Waals surface area contributed by atoms with Crippen LogP contribution in [0.2, 0.25) is 0 Å². The van der Waals surface area contributed by atoms with Gasteiger partial charge in [-0.1, -0.05) is 20.8 Å². The number of hydrogen-bond acceptors (Lipinski definition) is 2. The van der Waals surface area contributed by atoms with E-state index in [2.05, 4.69) is 10.6 Å².